The number of benzene rings is 3. The van der Waals surface area contributed by atoms with Gasteiger partial charge in [0.1, 0.15) is 24.6 Å². The van der Waals surface area contributed by atoms with Crippen LogP contribution >= 0.6 is 11.6 Å². The Labute approximate surface area is 171 Å². The van der Waals surface area contributed by atoms with E-state index in [1.54, 1.807) is 24.3 Å². The van der Waals surface area contributed by atoms with Gasteiger partial charge in [0, 0.05) is 16.1 Å². The van der Waals surface area contributed by atoms with Crippen molar-refractivity contribution in [2.45, 2.75) is 13.1 Å². The van der Waals surface area contributed by atoms with Crippen LogP contribution < -0.4 is 9.08 Å². The summed E-state index contributed by atoms with van der Waals surface area (Å²) in [6, 6.07) is 26.5. The molecule has 3 aromatic rings. The average Bonchev–Trinajstić information content (AvgIpc) is 2.69. The molecule has 0 aliphatic heterocycles. The third kappa shape index (κ3) is 6.68. The summed E-state index contributed by atoms with van der Waals surface area (Å²) in [6.07, 6.45) is 0. The fourth-order valence-corrected chi connectivity index (χ4v) is 4.11. The predicted molar refractivity (Wildman–Crippen MR) is 112 cm³/mol. The first-order valence-corrected chi connectivity index (χ1v) is 11.0. The molecular formula is C22H23ClNO3S+. The molecule has 0 atom stereocenters. The van der Waals surface area contributed by atoms with E-state index in [1.807, 2.05) is 36.4 Å². The zero-order valence-electron chi connectivity index (χ0n) is 15.4. The summed E-state index contributed by atoms with van der Waals surface area (Å²) in [5, 5.41) is 0.533. The van der Waals surface area contributed by atoms with E-state index < -0.39 is 10.1 Å². The van der Waals surface area contributed by atoms with E-state index in [9.17, 15) is 8.42 Å². The van der Waals surface area contributed by atoms with Crippen molar-refractivity contribution < 1.29 is 17.5 Å². The second-order valence-corrected chi connectivity index (χ2v) is 8.75. The fraction of sp³-hybridized carbons (Fsp3) is 0.182. The lowest BCUT2D eigenvalue weighted by Gasteiger charge is -2.20. The number of rotatable bonds is 9. The van der Waals surface area contributed by atoms with Crippen LogP contribution in [0.1, 0.15) is 11.1 Å². The molecule has 0 amide bonds. The third-order valence-corrected chi connectivity index (χ3v) is 5.74. The lowest BCUT2D eigenvalue weighted by atomic mass is 10.1. The number of quaternary nitrogens is 1. The molecule has 0 unspecified atom stereocenters. The molecule has 1 N–H and O–H groups in total. The van der Waals surface area contributed by atoms with E-state index in [0.29, 0.717) is 11.6 Å². The minimum absolute atomic E-state index is 0.0649. The average molecular weight is 417 g/mol. The Morgan fingerprint density at radius 1 is 0.750 bits per heavy atom. The second kappa shape index (κ2) is 9.73. The van der Waals surface area contributed by atoms with Gasteiger partial charge in [-0.05, 0) is 24.3 Å². The van der Waals surface area contributed by atoms with Gasteiger partial charge in [-0.15, -0.1) is 0 Å². The minimum atomic E-state index is -3.69. The summed E-state index contributed by atoms with van der Waals surface area (Å²) >= 11 is 5.83. The quantitative estimate of drug-likeness (QED) is 0.544. The Balaban J connectivity index is 1.66. The Kier molecular flexibility index (Phi) is 7.09. The largest absolute Gasteiger partial charge is 0.382 e. The van der Waals surface area contributed by atoms with E-state index in [-0.39, 0.29) is 11.5 Å². The maximum atomic E-state index is 12.4. The van der Waals surface area contributed by atoms with Crippen LogP contribution in [-0.4, -0.2) is 20.7 Å². The van der Waals surface area contributed by atoms with Gasteiger partial charge in [0.2, 0.25) is 0 Å². The van der Waals surface area contributed by atoms with Crippen LogP contribution in [-0.2, 0) is 23.2 Å². The Morgan fingerprint density at radius 2 is 1.25 bits per heavy atom. The Hall–Kier alpha value is -2.34. The third-order valence-electron chi connectivity index (χ3n) is 4.34. The van der Waals surface area contributed by atoms with Gasteiger partial charge in [-0.2, -0.15) is 8.42 Å². The van der Waals surface area contributed by atoms with Crippen molar-refractivity contribution in [1.29, 1.82) is 0 Å². The molecule has 0 saturated carbocycles. The molecule has 146 valence electrons. The Morgan fingerprint density at radius 3 is 1.75 bits per heavy atom. The summed E-state index contributed by atoms with van der Waals surface area (Å²) < 4.78 is 30.1. The van der Waals surface area contributed by atoms with Crippen LogP contribution in [0.5, 0.6) is 5.75 Å². The molecule has 0 radical (unpaired) electrons. The van der Waals surface area contributed by atoms with Crippen molar-refractivity contribution in [2.24, 2.45) is 0 Å². The zero-order chi connectivity index (χ0) is 19.8. The van der Waals surface area contributed by atoms with Gasteiger partial charge in [0.15, 0.2) is 0 Å². The molecule has 3 rings (SSSR count). The van der Waals surface area contributed by atoms with Gasteiger partial charge in [0.25, 0.3) is 0 Å². The normalized spacial score (nSPS) is 11.5. The van der Waals surface area contributed by atoms with Crippen LogP contribution in [0.2, 0.25) is 5.02 Å². The molecule has 0 aliphatic carbocycles. The van der Waals surface area contributed by atoms with Crippen molar-refractivity contribution in [1.82, 2.24) is 0 Å². The molecule has 0 aromatic heterocycles. The highest BCUT2D eigenvalue weighted by atomic mass is 35.5. The maximum Gasteiger partial charge on any atom is 0.314 e. The Bertz CT molecular complexity index is 920. The molecule has 0 aliphatic rings. The molecule has 0 fully saturated rings. The lowest BCUT2D eigenvalue weighted by molar-refractivity contribution is -0.925. The summed E-state index contributed by atoms with van der Waals surface area (Å²) in [5.41, 5.74) is 2.34. The van der Waals surface area contributed by atoms with Gasteiger partial charge in [-0.3, -0.25) is 0 Å². The fourth-order valence-electron chi connectivity index (χ4n) is 2.96. The van der Waals surface area contributed by atoms with Crippen molar-refractivity contribution >= 4 is 21.7 Å². The first-order valence-electron chi connectivity index (χ1n) is 9.09. The zero-order valence-corrected chi connectivity index (χ0v) is 17.0. The van der Waals surface area contributed by atoms with Gasteiger partial charge >= 0.3 is 10.1 Å². The number of nitrogens with one attached hydrogen (secondary N) is 1. The highest BCUT2D eigenvalue weighted by Crippen LogP contribution is 2.17. The van der Waals surface area contributed by atoms with E-state index >= 15 is 0 Å². The topological polar surface area (TPSA) is 47.8 Å². The summed E-state index contributed by atoms with van der Waals surface area (Å²) in [7, 11) is -3.69. The van der Waals surface area contributed by atoms with Gasteiger partial charge in [-0.25, -0.2) is 0 Å². The first kappa shape index (κ1) is 20.4. The molecule has 0 spiro atoms. The number of hydrogen-bond donors (Lipinski definition) is 1. The van der Waals surface area contributed by atoms with Gasteiger partial charge in [0.05, 0.1) is 6.54 Å². The molecule has 28 heavy (non-hydrogen) atoms. The van der Waals surface area contributed by atoms with Crippen molar-refractivity contribution in [3.8, 4) is 5.75 Å². The van der Waals surface area contributed by atoms with E-state index in [4.69, 9.17) is 15.8 Å². The lowest BCUT2D eigenvalue weighted by Crippen LogP contribution is -3.10. The smallest absolute Gasteiger partial charge is 0.314 e. The molecule has 0 heterocycles. The number of halogens is 1. The SMILES string of the molecule is O=S(=O)(CC[NH+](Cc1ccccc1)Cc1ccccc1)Oc1ccc(Cl)cc1. The molecule has 6 heteroatoms. The molecule has 0 saturated heterocycles. The van der Waals surface area contributed by atoms with E-state index in [0.717, 1.165) is 18.0 Å². The summed E-state index contributed by atoms with van der Waals surface area (Å²) in [4.78, 5) is 1.15. The predicted octanol–water partition coefficient (Wildman–Crippen LogP) is 3.33. The van der Waals surface area contributed by atoms with Gasteiger partial charge < -0.3 is 9.08 Å². The van der Waals surface area contributed by atoms with Crippen LogP contribution in [0.4, 0.5) is 0 Å². The molecule has 4 nitrogen and oxygen atoms in total. The first-order chi connectivity index (χ1) is 13.5. The van der Waals surface area contributed by atoms with E-state index in [1.165, 1.54) is 11.1 Å². The van der Waals surface area contributed by atoms with Crippen LogP contribution in [0.3, 0.4) is 0 Å². The van der Waals surface area contributed by atoms with E-state index in [2.05, 4.69) is 24.3 Å². The van der Waals surface area contributed by atoms with Crippen molar-refractivity contribution in [3.05, 3.63) is 101 Å². The van der Waals surface area contributed by atoms with Crippen LogP contribution in [0.15, 0.2) is 84.9 Å². The monoisotopic (exact) mass is 416 g/mol. The summed E-state index contributed by atoms with van der Waals surface area (Å²) in [5.74, 6) is 0.210. The van der Waals surface area contributed by atoms with Crippen LogP contribution in [0, 0.1) is 0 Å². The van der Waals surface area contributed by atoms with Crippen molar-refractivity contribution in [3.63, 3.8) is 0 Å². The minimum Gasteiger partial charge on any atom is -0.382 e. The highest BCUT2D eigenvalue weighted by Gasteiger charge is 2.19. The standard InChI is InChI=1S/C22H22ClNO3S/c23-21-11-13-22(14-12-21)27-28(25,26)16-15-24(17-19-7-3-1-4-8-19)18-20-9-5-2-6-10-20/h1-14H,15-18H2/p+1. The maximum absolute atomic E-state index is 12.4. The van der Waals surface area contributed by atoms with Crippen LogP contribution in [0.25, 0.3) is 0 Å². The molecule has 0 bridgehead atoms. The number of hydrogen-bond acceptors (Lipinski definition) is 3. The van der Waals surface area contributed by atoms with Gasteiger partial charge in [-0.1, -0.05) is 72.3 Å². The van der Waals surface area contributed by atoms with Crippen molar-refractivity contribution in [2.75, 3.05) is 12.3 Å². The second-order valence-electron chi connectivity index (χ2n) is 6.62. The highest BCUT2D eigenvalue weighted by molar-refractivity contribution is 7.87. The molecule has 3 aromatic carbocycles. The molecular weight excluding hydrogens is 394 g/mol. The summed E-state index contributed by atoms with van der Waals surface area (Å²) in [6.45, 7) is 1.93.